The first-order valence-electron chi connectivity index (χ1n) is 8.57. The van der Waals surface area contributed by atoms with Gasteiger partial charge in [0.1, 0.15) is 6.10 Å². The summed E-state index contributed by atoms with van der Waals surface area (Å²) in [6.07, 6.45) is 1.95. The molecule has 3 rings (SSSR count). The fourth-order valence-corrected chi connectivity index (χ4v) is 2.85. The van der Waals surface area contributed by atoms with Gasteiger partial charge in [-0.1, -0.05) is 42.5 Å². The summed E-state index contributed by atoms with van der Waals surface area (Å²) in [5, 5.41) is 5.73. The predicted molar refractivity (Wildman–Crippen MR) is 96.5 cm³/mol. The average molecular weight is 338 g/mol. The molecule has 2 aromatic carbocycles. The monoisotopic (exact) mass is 338 g/mol. The van der Waals surface area contributed by atoms with Gasteiger partial charge in [0, 0.05) is 13.2 Å². The van der Waals surface area contributed by atoms with Crippen LogP contribution >= 0.6 is 0 Å². The van der Waals surface area contributed by atoms with E-state index in [1.54, 1.807) is 24.3 Å². The van der Waals surface area contributed by atoms with Crippen molar-refractivity contribution in [3.63, 3.8) is 0 Å². The summed E-state index contributed by atoms with van der Waals surface area (Å²) in [4.78, 5) is 24.7. The molecule has 1 heterocycles. The first kappa shape index (κ1) is 17.2. The molecule has 5 heteroatoms. The lowest BCUT2D eigenvalue weighted by Gasteiger charge is -2.14. The van der Waals surface area contributed by atoms with Crippen LogP contribution in [0.15, 0.2) is 54.6 Å². The van der Waals surface area contributed by atoms with Crippen LogP contribution in [0, 0.1) is 0 Å². The van der Waals surface area contributed by atoms with Gasteiger partial charge in [0.15, 0.2) is 0 Å². The summed E-state index contributed by atoms with van der Waals surface area (Å²) in [6, 6.07) is 17.0. The molecule has 2 amide bonds. The van der Waals surface area contributed by atoms with Crippen LogP contribution in [0.5, 0.6) is 0 Å². The van der Waals surface area contributed by atoms with Gasteiger partial charge in [0.25, 0.3) is 11.8 Å². The number of rotatable bonds is 6. The minimum Gasteiger partial charge on any atom is -0.368 e. The number of hydrogen-bond acceptors (Lipinski definition) is 3. The summed E-state index contributed by atoms with van der Waals surface area (Å²) in [5.74, 6) is -0.388. The maximum atomic E-state index is 12.5. The first-order valence-corrected chi connectivity index (χ1v) is 8.57. The SMILES string of the molecule is O=C(NCCc1ccccc1)c1ccccc1NC(=O)[C@@H]1CCCO1. The van der Waals surface area contributed by atoms with Crippen LogP contribution in [0.4, 0.5) is 5.69 Å². The Labute approximate surface area is 147 Å². The Hall–Kier alpha value is -2.66. The Balaban J connectivity index is 1.59. The molecule has 1 aliphatic rings. The number of benzene rings is 2. The highest BCUT2D eigenvalue weighted by molar-refractivity contribution is 6.04. The summed E-state index contributed by atoms with van der Waals surface area (Å²) >= 11 is 0. The normalized spacial score (nSPS) is 16.4. The number of ether oxygens (including phenoxy) is 1. The molecule has 130 valence electrons. The molecule has 0 spiro atoms. The molecule has 1 fully saturated rings. The van der Waals surface area contributed by atoms with E-state index in [-0.39, 0.29) is 11.8 Å². The van der Waals surface area contributed by atoms with Crippen molar-refractivity contribution in [3.8, 4) is 0 Å². The number of nitrogens with one attached hydrogen (secondary N) is 2. The van der Waals surface area contributed by atoms with Crippen LogP contribution in [0.2, 0.25) is 0 Å². The molecule has 1 aliphatic heterocycles. The Kier molecular flexibility index (Phi) is 5.80. The van der Waals surface area contributed by atoms with Crippen molar-refractivity contribution in [2.75, 3.05) is 18.5 Å². The van der Waals surface area contributed by atoms with Crippen LogP contribution in [0.1, 0.15) is 28.8 Å². The van der Waals surface area contributed by atoms with Gasteiger partial charge in [-0.05, 0) is 37.0 Å². The fourth-order valence-electron chi connectivity index (χ4n) is 2.85. The minimum absolute atomic E-state index is 0.193. The van der Waals surface area contributed by atoms with E-state index in [1.165, 1.54) is 5.56 Å². The minimum atomic E-state index is -0.422. The second-order valence-corrected chi connectivity index (χ2v) is 6.03. The van der Waals surface area contributed by atoms with E-state index in [4.69, 9.17) is 4.74 Å². The van der Waals surface area contributed by atoms with E-state index in [0.717, 1.165) is 19.3 Å². The molecule has 0 aliphatic carbocycles. The van der Waals surface area contributed by atoms with Crippen molar-refractivity contribution in [1.29, 1.82) is 0 Å². The average Bonchev–Trinajstić information content (AvgIpc) is 3.18. The Morgan fingerprint density at radius 1 is 1.04 bits per heavy atom. The van der Waals surface area contributed by atoms with Crippen molar-refractivity contribution in [2.24, 2.45) is 0 Å². The summed E-state index contributed by atoms with van der Waals surface area (Å²) in [6.45, 7) is 1.15. The first-order chi connectivity index (χ1) is 12.2. The van der Waals surface area contributed by atoms with E-state index in [2.05, 4.69) is 10.6 Å². The van der Waals surface area contributed by atoms with Gasteiger partial charge in [-0.2, -0.15) is 0 Å². The van der Waals surface area contributed by atoms with Crippen molar-refractivity contribution in [2.45, 2.75) is 25.4 Å². The van der Waals surface area contributed by atoms with E-state index < -0.39 is 6.10 Å². The summed E-state index contributed by atoms with van der Waals surface area (Å²) < 4.78 is 5.39. The van der Waals surface area contributed by atoms with Gasteiger partial charge in [-0.25, -0.2) is 0 Å². The Bertz CT molecular complexity index is 725. The Morgan fingerprint density at radius 3 is 2.56 bits per heavy atom. The third kappa shape index (κ3) is 4.67. The maximum Gasteiger partial charge on any atom is 0.253 e. The molecule has 2 aromatic rings. The standard InChI is InChI=1S/C20H22N2O3/c23-19(21-13-12-15-7-2-1-3-8-15)16-9-4-5-10-17(16)22-20(24)18-11-6-14-25-18/h1-5,7-10,18H,6,11-14H2,(H,21,23)(H,22,24)/t18-/m0/s1. The van der Waals surface area contributed by atoms with Crippen molar-refractivity contribution < 1.29 is 14.3 Å². The number of carbonyl (C=O) groups excluding carboxylic acids is 2. The quantitative estimate of drug-likeness (QED) is 0.851. The number of anilines is 1. The lowest BCUT2D eigenvalue weighted by molar-refractivity contribution is -0.124. The number of carbonyl (C=O) groups is 2. The molecule has 5 nitrogen and oxygen atoms in total. The highest BCUT2D eigenvalue weighted by Gasteiger charge is 2.24. The van der Waals surface area contributed by atoms with Crippen molar-refractivity contribution >= 4 is 17.5 Å². The topological polar surface area (TPSA) is 67.4 Å². The molecule has 0 aromatic heterocycles. The molecule has 25 heavy (non-hydrogen) atoms. The molecule has 2 N–H and O–H groups in total. The van der Waals surface area contributed by atoms with Gasteiger partial charge in [0.05, 0.1) is 11.3 Å². The number of amides is 2. The smallest absolute Gasteiger partial charge is 0.253 e. The van der Waals surface area contributed by atoms with Gasteiger partial charge in [-0.3, -0.25) is 9.59 Å². The molecule has 0 saturated carbocycles. The highest BCUT2D eigenvalue weighted by Crippen LogP contribution is 2.18. The highest BCUT2D eigenvalue weighted by atomic mass is 16.5. The van der Waals surface area contributed by atoms with Crippen molar-refractivity contribution in [3.05, 3.63) is 65.7 Å². The molecule has 0 radical (unpaired) electrons. The van der Waals surface area contributed by atoms with Gasteiger partial charge in [0.2, 0.25) is 0 Å². The lowest BCUT2D eigenvalue weighted by atomic mass is 10.1. The van der Waals surface area contributed by atoms with Crippen LogP contribution in [0.25, 0.3) is 0 Å². The third-order valence-electron chi connectivity index (χ3n) is 4.19. The summed E-state index contributed by atoms with van der Waals surface area (Å²) in [5.41, 5.74) is 2.14. The Morgan fingerprint density at radius 2 is 1.80 bits per heavy atom. The zero-order chi connectivity index (χ0) is 17.5. The van der Waals surface area contributed by atoms with Gasteiger partial charge >= 0.3 is 0 Å². The second kappa shape index (κ2) is 8.44. The van der Waals surface area contributed by atoms with E-state index in [0.29, 0.717) is 24.4 Å². The zero-order valence-corrected chi connectivity index (χ0v) is 14.0. The molecule has 0 unspecified atom stereocenters. The van der Waals surface area contributed by atoms with Gasteiger partial charge < -0.3 is 15.4 Å². The second-order valence-electron chi connectivity index (χ2n) is 6.03. The predicted octanol–water partition coefficient (Wildman–Crippen LogP) is 2.78. The van der Waals surface area contributed by atoms with Crippen LogP contribution in [-0.2, 0) is 16.0 Å². The maximum absolute atomic E-state index is 12.5. The van der Waals surface area contributed by atoms with E-state index >= 15 is 0 Å². The fraction of sp³-hybridized carbons (Fsp3) is 0.300. The van der Waals surface area contributed by atoms with E-state index in [9.17, 15) is 9.59 Å². The van der Waals surface area contributed by atoms with Crippen LogP contribution < -0.4 is 10.6 Å². The van der Waals surface area contributed by atoms with E-state index in [1.807, 2.05) is 30.3 Å². The third-order valence-corrected chi connectivity index (χ3v) is 4.19. The van der Waals surface area contributed by atoms with Crippen LogP contribution in [0.3, 0.4) is 0 Å². The zero-order valence-electron chi connectivity index (χ0n) is 14.0. The molecule has 0 bridgehead atoms. The molecule has 1 atom stereocenters. The number of para-hydroxylation sites is 1. The molecule has 1 saturated heterocycles. The van der Waals surface area contributed by atoms with Gasteiger partial charge in [-0.15, -0.1) is 0 Å². The van der Waals surface area contributed by atoms with Crippen LogP contribution in [-0.4, -0.2) is 31.1 Å². The summed E-state index contributed by atoms with van der Waals surface area (Å²) in [7, 11) is 0. The number of hydrogen-bond donors (Lipinski definition) is 2. The lowest BCUT2D eigenvalue weighted by Crippen LogP contribution is -2.30. The molecular formula is C20H22N2O3. The largest absolute Gasteiger partial charge is 0.368 e. The molecular weight excluding hydrogens is 316 g/mol. The van der Waals surface area contributed by atoms with Crippen molar-refractivity contribution in [1.82, 2.24) is 5.32 Å².